The van der Waals surface area contributed by atoms with E-state index < -0.39 is 0 Å². The molecule has 1 aromatic heterocycles. The molecule has 1 aliphatic heterocycles. The van der Waals surface area contributed by atoms with Crippen LogP contribution in [0.15, 0.2) is 42.5 Å². The molecule has 0 aliphatic carbocycles. The van der Waals surface area contributed by atoms with E-state index in [1.807, 2.05) is 18.2 Å². The Balaban J connectivity index is 1.40. The van der Waals surface area contributed by atoms with Crippen LogP contribution in [0.25, 0.3) is 10.2 Å². The summed E-state index contributed by atoms with van der Waals surface area (Å²) in [4.78, 5) is 7.20. The second-order valence-electron chi connectivity index (χ2n) is 6.44. The molecule has 0 N–H and O–H groups in total. The van der Waals surface area contributed by atoms with Gasteiger partial charge >= 0.3 is 0 Å². The number of halogens is 1. The highest BCUT2D eigenvalue weighted by Crippen LogP contribution is 2.28. The highest BCUT2D eigenvalue weighted by molar-refractivity contribution is 7.18. The van der Waals surface area contributed by atoms with Crippen LogP contribution in [0.3, 0.4) is 0 Å². The molecule has 4 rings (SSSR count). The van der Waals surface area contributed by atoms with E-state index in [9.17, 15) is 0 Å². The first-order valence-electron chi connectivity index (χ1n) is 8.75. The third-order valence-electron chi connectivity index (χ3n) is 4.55. The van der Waals surface area contributed by atoms with Gasteiger partial charge in [0.25, 0.3) is 0 Å². The second-order valence-corrected chi connectivity index (χ2v) is 7.99. The molecule has 1 saturated heterocycles. The van der Waals surface area contributed by atoms with E-state index in [2.05, 4.69) is 29.2 Å². The lowest BCUT2D eigenvalue weighted by atomic mass is 10.2. The number of fused-ring (bicyclic) bond motifs is 1. The molecule has 0 spiro atoms. The fourth-order valence-corrected chi connectivity index (χ4v) is 4.35. The number of hydrogen-bond donors (Lipinski definition) is 0. The maximum Gasteiger partial charge on any atom is 0.120 e. The first-order chi connectivity index (χ1) is 12.3. The SMILES string of the molecule is Clc1ccc(Cc2nc3ccc(OCCN4CCCC4)cc3s2)cc1. The van der Waals surface area contributed by atoms with Crippen molar-refractivity contribution >= 4 is 33.2 Å². The molecule has 0 unspecified atom stereocenters. The molecule has 0 bridgehead atoms. The predicted octanol–water partition coefficient (Wildman–Crippen LogP) is 5.02. The van der Waals surface area contributed by atoms with Crippen molar-refractivity contribution in [2.75, 3.05) is 26.2 Å². The Labute approximate surface area is 157 Å². The van der Waals surface area contributed by atoms with Crippen molar-refractivity contribution < 1.29 is 4.74 Å². The Morgan fingerprint density at radius 3 is 2.68 bits per heavy atom. The van der Waals surface area contributed by atoms with Crippen LogP contribution < -0.4 is 4.74 Å². The Hall–Kier alpha value is -1.62. The minimum Gasteiger partial charge on any atom is -0.492 e. The van der Waals surface area contributed by atoms with Crippen molar-refractivity contribution in [1.29, 1.82) is 0 Å². The van der Waals surface area contributed by atoms with Crippen LogP contribution in [0.2, 0.25) is 5.02 Å². The molecule has 1 fully saturated rings. The molecular formula is C20H21ClN2OS. The van der Waals surface area contributed by atoms with E-state index in [-0.39, 0.29) is 0 Å². The van der Waals surface area contributed by atoms with Gasteiger partial charge in [-0.2, -0.15) is 0 Å². The van der Waals surface area contributed by atoms with Crippen LogP contribution in [0, 0.1) is 0 Å². The molecule has 25 heavy (non-hydrogen) atoms. The molecule has 0 amide bonds. The summed E-state index contributed by atoms with van der Waals surface area (Å²) in [5, 5.41) is 1.88. The van der Waals surface area contributed by atoms with E-state index in [0.29, 0.717) is 0 Å². The summed E-state index contributed by atoms with van der Waals surface area (Å²) in [5.74, 6) is 0.938. The summed E-state index contributed by atoms with van der Waals surface area (Å²) in [7, 11) is 0. The van der Waals surface area contributed by atoms with Gasteiger partial charge < -0.3 is 4.74 Å². The minimum absolute atomic E-state index is 0.752. The first kappa shape index (κ1) is 16.8. The maximum atomic E-state index is 5.95. The lowest BCUT2D eigenvalue weighted by Gasteiger charge is -2.14. The zero-order valence-electron chi connectivity index (χ0n) is 14.1. The Kier molecular flexibility index (Phi) is 5.20. The molecule has 0 atom stereocenters. The van der Waals surface area contributed by atoms with Crippen LogP contribution in [-0.4, -0.2) is 36.1 Å². The van der Waals surface area contributed by atoms with Gasteiger partial charge in [0.15, 0.2) is 0 Å². The molecule has 1 aliphatic rings. The number of ether oxygens (including phenoxy) is 1. The summed E-state index contributed by atoms with van der Waals surface area (Å²) >= 11 is 7.68. The minimum atomic E-state index is 0.752. The van der Waals surface area contributed by atoms with Crippen LogP contribution in [0.4, 0.5) is 0 Å². The van der Waals surface area contributed by atoms with Gasteiger partial charge in [0, 0.05) is 18.0 Å². The zero-order valence-corrected chi connectivity index (χ0v) is 15.7. The van der Waals surface area contributed by atoms with Gasteiger partial charge in [0.1, 0.15) is 12.4 Å². The number of aromatic nitrogens is 1. The molecule has 2 heterocycles. The van der Waals surface area contributed by atoms with Gasteiger partial charge in [-0.1, -0.05) is 23.7 Å². The molecule has 0 saturated carbocycles. The number of hydrogen-bond acceptors (Lipinski definition) is 4. The van der Waals surface area contributed by atoms with Crippen molar-refractivity contribution in [3.63, 3.8) is 0 Å². The van der Waals surface area contributed by atoms with Crippen molar-refractivity contribution in [3.8, 4) is 5.75 Å². The van der Waals surface area contributed by atoms with Crippen molar-refractivity contribution in [2.24, 2.45) is 0 Å². The predicted molar refractivity (Wildman–Crippen MR) is 105 cm³/mol. The van der Waals surface area contributed by atoms with Crippen LogP contribution >= 0.6 is 22.9 Å². The van der Waals surface area contributed by atoms with Crippen LogP contribution in [-0.2, 0) is 6.42 Å². The lowest BCUT2D eigenvalue weighted by Crippen LogP contribution is -2.25. The molecule has 3 nitrogen and oxygen atoms in total. The number of rotatable bonds is 6. The van der Waals surface area contributed by atoms with Gasteiger partial charge in [0.2, 0.25) is 0 Å². The van der Waals surface area contributed by atoms with E-state index in [1.54, 1.807) is 11.3 Å². The average Bonchev–Trinajstić information content (AvgIpc) is 3.26. The Morgan fingerprint density at radius 2 is 1.88 bits per heavy atom. The summed E-state index contributed by atoms with van der Waals surface area (Å²) in [6.07, 6.45) is 3.48. The highest BCUT2D eigenvalue weighted by atomic mass is 35.5. The third-order valence-corrected chi connectivity index (χ3v) is 5.82. The van der Waals surface area contributed by atoms with Crippen molar-refractivity contribution in [2.45, 2.75) is 19.3 Å². The first-order valence-corrected chi connectivity index (χ1v) is 9.95. The van der Waals surface area contributed by atoms with Crippen molar-refractivity contribution in [1.82, 2.24) is 9.88 Å². The molecule has 130 valence electrons. The Morgan fingerprint density at radius 1 is 1.08 bits per heavy atom. The topological polar surface area (TPSA) is 25.4 Å². The number of benzene rings is 2. The van der Waals surface area contributed by atoms with E-state index in [4.69, 9.17) is 21.3 Å². The molecule has 5 heteroatoms. The van der Waals surface area contributed by atoms with Gasteiger partial charge in [-0.05, 0) is 61.8 Å². The molecule has 0 radical (unpaired) electrons. The molecular weight excluding hydrogens is 352 g/mol. The van der Waals surface area contributed by atoms with Crippen molar-refractivity contribution in [3.05, 3.63) is 58.1 Å². The average molecular weight is 373 g/mol. The summed E-state index contributed by atoms with van der Waals surface area (Å²) in [6.45, 7) is 4.20. The van der Waals surface area contributed by atoms with Gasteiger partial charge in [-0.3, -0.25) is 4.90 Å². The maximum absolute atomic E-state index is 5.95. The van der Waals surface area contributed by atoms with Crippen LogP contribution in [0.5, 0.6) is 5.75 Å². The fourth-order valence-electron chi connectivity index (χ4n) is 3.19. The van der Waals surface area contributed by atoms with Crippen LogP contribution in [0.1, 0.15) is 23.4 Å². The quantitative estimate of drug-likeness (QED) is 0.607. The fraction of sp³-hybridized carbons (Fsp3) is 0.350. The largest absolute Gasteiger partial charge is 0.492 e. The van der Waals surface area contributed by atoms with Gasteiger partial charge in [-0.15, -0.1) is 11.3 Å². The summed E-state index contributed by atoms with van der Waals surface area (Å²) in [5.41, 5.74) is 2.27. The summed E-state index contributed by atoms with van der Waals surface area (Å²) in [6, 6.07) is 14.2. The normalized spacial score (nSPS) is 15.1. The number of thiazole rings is 1. The Bertz CT molecular complexity index is 841. The lowest BCUT2D eigenvalue weighted by molar-refractivity contribution is 0.238. The summed E-state index contributed by atoms with van der Waals surface area (Å²) < 4.78 is 7.12. The van der Waals surface area contributed by atoms with Gasteiger partial charge in [0.05, 0.1) is 15.2 Å². The third kappa shape index (κ3) is 4.32. The molecule has 3 aromatic rings. The number of nitrogens with zero attached hydrogens (tertiary/aromatic N) is 2. The second kappa shape index (κ2) is 7.73. The van der Waals surface area contributed by atoms with E-state index in [1.165, 1.54) is 36.2 Å². The van der Waals surface area contributed by atoms with E-state index in [0.717, 1.165) is 40.9 Å². The standard InChI is InChI=1S/C20H21ClN2OS/c21-16-5-3-15(4-6-16)13-20-22-18-8-7-17(14-19(18)25-20)24-12-11-23-9-1-2-10-23/h3-8,14H,1-2,9-13H2. The zero-order chi connectivity index (χ0) is 17.1. The van der Waals surface area contributed by atoms with Gasteiger partial charge in [-0.25, -0.2) is 4.98 Å². The van der Waals surface area contributed by atoms with E-state index >= 15 is 0 Å². The molecule has 2 aromatic carbocycles. The number of likely N-dealkylation sites (tertiary alicyclic amines) is 1. The highest BCUT2D eigenvalue weighted by Gasteiger charge is 2.11. The monoisotopic (exact) mass is 372 g/mol. The smallest absolute Gasteiger partial charge is 0.120 e.